The second kappa shape index (κ2) is 6.17. The van der Waals surface area contributed by atoms with E-state index in [1.54, 1.807) is 0 Å². The summed E-state index contributed by atoms with van der Waals surface area (Å²) in [6, 6.07) is 1.97. The highest BCUT2D eigenvalue weighted by molar-refractivity contribution is 5.94. The van der Waals surface area contributed by atoms with Gasteiger partial charge in [-0.3, -0.25) is 10.6 Å². The van der Waals surface area contributed by atoms with E-state index in [2.05, 4.69) is 5.32 Å². The molecule has 0 spiro atoms. The van der Waals surface area contributed by atoms with Crippen LogP contribution in [0.1, 0.15) is 43.0 Å². The van der Waals surface area contributed by atoms with Crippen LogP contribution >= 0.6 is 0 Å². The Kier molecular flexibility index (Phi) is 4.54. The molecule has 6 heteroatoms. The van der Waals surface area contributed by atoms with Crippen LogP contribution in [-0.4, -0.2) is 11.9 Å². The average molecular weight is 283 g/mol. The number of amides is 1. The van der Waals surface area contributed by atoms with Crippen molar-refractivity contribution < 1.29 is 13.6 Å². The minimum Gasteiger partial charge on any atom is -0.349 e. The summed E-state index contributed by atoms with van der Waals surface area (Å²) in [6.45, 7) is 1.93. The van der Waals surface area contributed by atoms with Gasteiger partial charge in [-0.05, 0) is 37.8 Å². The molecule has 1 fully saturated rings. The molecule has 20 heavy (non-hydrogen) atoms. The lowest BCUT2D eigenvalue weighted by Gasteiger charge is -2.20. The van der Waals surface area contributed by atoms with Gasteiger partial charge in [-0.15, -0.1) is 0 Å². The number of rotatable bonds is 4. The minimum atomic E-state index is -0.883. The fourth-order valence-corrected chi connectivity index (χ4v) is 2.71. The van der Waals surface area contributed by atoms with E-state index in [0.29, 0.717) is 5.92 Å². The summed E-state index contributed by atoms with van der Waals surface area (Å²) in [5, 5.41) is 2.81. The smallest absolute Gasteiger partial charge is 0.251 e. The summed E-state index contributed by atoms with van der Waals surface area (Å²) < 4.78 is 27.1. The lowest BCUT2D eigenvalue weighted by molar-refractivity contribution is 0.0926. The Balaban J connectivity index is 2.09. The Bertz CT molecular complexity index is 478. The Hall–Kier alpha value is -1.69. The highest BCUT2D eigenvalue weighted by Crippen LogP contribution is 2.27. The average Bonchev–Trinajstić information content (AvgIpc) is 2.92. The first-order valence-corrected chi connectivity index (χ1v) is 6.79. The molecule has 2 rings (SSSR count). The summed E-state index contributed by atoms with van der Waals surface area (Å²) >= 11 is 0. The first-order chi connectivity index (χ1) is 9.52. The topological polar surface area (TPSA) is 67.2 Å². The number of nitrogens with one attached hydrogen (secondary N) is 2. The van der Waals surface area contributed by atoms with Crippen LogP contribution in [0.25, 0.3) is 0 Å². The van der Waals surface area contributed by atoms with E-state index in [9.17, 15) is 13.6 Å². The van der Waals surface area contributed by atoms with E-state index >= 15 is 0 Å². The fourth-order valence-electron chi connectivity index (χ4n) is 2.71. The second-order valence-corrected chi connectivity index (χ2v) is 5.27. The zero-order valence-corrected chi connectivity index (χ0v) is 11.4. The maximum Gasteiger partial charge on any atom is 0.251 e. The molecule has 1 amide bonds. The molecule has 1 saturated carbocycles. The number of hydrazine groups is 1. The van der Waals surface area contributed by atoms with Crippen LogP contribution in [0.5, 0.6) is 0 Å². The van der Waals surface area contributed by atoms with E-state index in [1.165, 1.54) is 12.8 Å². The molecule has 1 unspecified atom stereocenters. The predicted molar refractivity (Wildman–Crippen MR) is 73.1 cm³/mol. The zero-order valence-electron chi connectivity index (χ0n) is 11.4. The highest BCUT2D eigenvalue weighted by Gasteiger charge is 2.24. The third-order valence-electron chi connectivity index (χ3n) is 3.91. The van der Waals surface area contributed by atoms with Gasteiger partial charge in [-0.25, -0.2) is 8.78 Å². The van der Waals surface area contributed by atoms with E-state index < -0.39 is 23.2 Å². The number of hydrogen-bond donors (Lipinski definition) is 3. The van der Waals surface area contributed by atoms with Crippen molar-refractivity contribution in [1.29, 1.82) is 0 Å². The van der Waals surface area contributed by atoms with Crippen molar-refractivity contribution in [2.45, 2.75) is 38.6 Å². The molecule has 1 aliphatic carbocycles. The molecule has 0 aliphatic heterocycles. The van der Waals surface area contributed by atoms with Crippen LogP contribution < -0.4 is 16.6 Å². The van der Waals surface area contributed by atoms with Crippen molar-refractivity contribution in [3.8, 4) is 0 Å². The van der Waals surface area contributed by atoms with Crippen LogP contribution in [0.4, 0.5) is 14.5 Å². The molecule has 0 bridgehead atoms. The fraction of sp³-hybridized carbons (Fsp3) is 0.500. The Labute approximate surface area is 116 Å². The van der Waals surface area contributed by atoms with Gasteiger partial charge in [0.1, 0.15) is 5.69 Å². The molecule has 1 aromatic carbocycles. The van der Waals surface area contributed by atoms with Gasteiger partial charge in [0.2, 0.25) is 0 Å². The Morgan fingerprint density at radius 2 is 1.85 bits per heavy atom. The van der Waals surface area contributed by atoms with E-state index in [1.807, 2.05) is 12.3 Å². The SMILES string of the molecule is CC(NC(=O)c1cc(F)c(NN)c(F)c1)C1CCCC1. The number of halogens is 2. The van der Waals surface area contributed by atoms with Crippen LogP contribution in [0.15, 0.2) is 12.1 Å². The standard InChI is InChI=1S/C14H19F2N3O/c1-8(9-4-2-3-5-9)18-14(20)10-6-11(15)13(19-17)12(16)7-10/h6-9,19H,2-5,17H2,1H3,(H,18,20). The Morgan fingerprint density at radius 1 is 1.30 bits per heavy atom. The number of carbonyl (C=O) groups is 1. The van der Waals surface area contributed by atoms with Gasteiger partial charge in [0.25, 0.3) is 5.91 Å². The second-order valence-electron chi connectivity index (χ2n) is 5.27. The first kappa shape index (κ1) is 14.7. The molecule has 4 N–H and O–H groups in total. The molecule has 1 aromatic rings. The summed E-state index contributed by atoms with van der Waals surface area (Å²) in [4.78, 5) is 12.0. The number of anilines is 1. The quantitative estimate of drug-likeness (QED) is 0.587. The van der Waals surface area contributed by atoms with Gasteiger partial charge in [0, 0.05) is 11.6 Å². The van der Waals surface area contributed by atoms with Crippen LogP contribution in [0.2, 0.25) is 0 Å². The molecule has 1 atom stereocenters. The number of nitrogens with two attached hydrogens (primary N) is 1. The number of nitrogen functional groups attached to an aromatic ring is 1. The zero-order chi connectivity index (χ0) is 14.7. The maximum absolute atomic E-state index is 13.5. The monoisotopic (exact) mass is 283 g/mol. The number of benzene rings is 1. The van der Waals surface area contributed by atoms with Crippen LogP contribution in [0.3, 0.4) is 0 Å². The van der Waals surface area contributed by atoms with Crippen molar-refractivity contribution in [1.82, 2.24) is 5.32 Å². The third kappa shape index (κ3) is 3.07. The molecular weight excluding hydrogens is 264 g/mol. The van der Waals surface area contributed by atoms with Gasteiger partial charge in [0.05, 0.1) is 0 Å². The van der Waals surface area contributed by atoms with E-state index in [-0.39, 0.29) is 11.6 Å². The molecule has 0 heterocycles. The molecule has 1 aliphatic rings. The summed E-state index contributed by atoms with van der Waals surface area (Å²) in [7, 11) is 0. The van der Waals surface area contributed by atoms with Crippen molar-refractivity contribution in [3.05, 3.63) is 29.3 Å². The predicted octanol–water partition coefficient (Wildman–Crippen LogP) is 2.56. The molecular formula is C14H19F2N3O. The van der Waals surface area contributed by atoms with E-state index in [0.717, 1.165) is 25.0 Å². The van der Waals surface area contributed by atoms with Gasteiger partial charge in [-0.2, -0.15) is 0 Å². The summed E-state index contributed by atoms with van der Waals surface area (Å²) in [5.74, 6) is 3.22. The van der Waals surface area contributed by atoms with Gasteiger partial charge >= 0.3 is 0 Å². The van der Waals surface area contributed by atoms with Gasteiger partial charge in [-0.1, -0.05) is 12.8 Å². The number of hydrogen-bond acceptors (Lipinski definition) is 3. The third-order valence-corrected chi connectivity index (χ3v) is 3.91. The van der Waals surface area contributed by atoms with Crippen molar-refractivity contribution in [2.75, 3.05) is 5.43 Å². The van der Waals surface area contributed by atoms with Crippen LogP contribution in [-0.2, 0) is 0 Å². The van der Waals surface area contributed by atoms with Crippen molar-refractivity contribution >= 4 is 11.6 Å². The minimum absolute atomic E-state index is 0.00318. The normalized spacial score (nSPS) is 17.0. The Morgan fingerprint density at radius 3 is 2.35 bits per heavy atom. The van der Waals surface area contributed by atoms with Crippen LogP contribution in [0, 0.1) is 17.6 Å². The molecule has 110 valence electrons. The van der Waals surface area contributed by atoms with E-state index in [4.69, 9.17) is 5.84 Å². The lowest BCUT2D eigenvalue weighted by Crippen LogP contribution is -2.37. The number of carbonyl (C=O) groups excluding carboxylic acids is 1. The molecule has 0 radical (unpaired) electrons. The summed E-state index contributed by atoms with van der Waals surface area (Å²) in [5.41, 5.74) is 1.46. The van der Waals surface area contributed by atoms with Crippen molar-refractivity contribution in [2.24, 2.45) is 11.8 Å². The highest BCUT2D eigenvalue weighted by atomic mass is 19.1. The maximum atomic E-state index is 13.5. The summed E-state index contributed by atoms with van der Waals surface area (Å²) in [6.07, 6.45) is 4.51. The molecule has 0 aromatic heterocycles. The first-order valence-electron chi connectivity index (χ1n) is 6.79. The molecule has 0 saturated heterocycles. The van der Waals surface area contributed by atoms with Gasteiger partial charge in [0.15, 0.2) is 11.6 Å². The van der Waals surface area contributed by atoms with Crippen molar-refractivity contribution in [3.63, 3.8) is 0 Å². The van der Waals surface area contributed by atoms with Gasteiger partial charge < -0.3 is 10.7 Å². The lowest BCUT2D eigenvalue weighted by atomic mass is 9.99. The largest absolute Gasteiger partial charge is 0.349 e. The molecule has 4 nitrogen and oxygen atoms in total.